The van der Waals surface area contributed by atoms with Gasteiger partial charge in [-0.25, -0.2) is 18.5 Å². The predicted molar refractivity (Wildman–Crippen MR) is 145 cm³/mol. The number of rotatable bonds is 8. The van der Waals surface area contributed by atoms with E-state index in [-0.39, 0.29) is 23.1 Å². The fourth-order valence-corrected chi connectivity index (χ4v) is 5.13. The summed E-state index contributed by atoms with van der Waals surface area (Å²) < 4.78 is 46.7. The van der Waals surface area contributed by atoms with Crippen molar-refractivity contribution in [3.05, 3.63) is 84.5 Å². The molecule has 0 saturated carbocycles. The molecule has 3 N–H and O–H groups in total. The monoisotopic (exact) mass is 564 g/mol. The van der Waals surface area contributed by atoms with Gasteiger partial charge in [-0.05, 0) is 30.3 Å². The van der Waals surface area contributed by atoms with Gasteiger partial charge >= 0.3 is 0 Å². The zero-order chi connectivity index (χ0) is 28.2. The van der Waals surface area contributed by atoms with Crippen LogP contribution >= 0.6 is 0 Å². The fourth-order valence-electron chi connectivity index (χ4n) is 4.62. The van der Waals surface area contributed by atoms with Crippen LogP contribution in [0.3, 0.4) is 0 Å². The van der Waals surface area contributed by atoms with Gasteiger partial charge in [-0.3, -0.25) is 4.98 Å². The number of primary sulfonamides is 1. The van der Waals surface area contributed by atoms with Crippen LogP contribution < -0.4 is 9.88 Å². The molecule has 12 heteroatoms. The smallest absolute Gasteiger partial charge is 0.240 e. The van der Waals surface area contributed by atoms with Gasteiger partial charge < -0.3 is 23.8 Å². The Balaban J connectivity index is 1.42. The minimum Gasteiger partial charge on any atom is -0.439 e. The van der Waals surface area contributed by atoms with Gasteiger partial charge in [0.05, 0.1) is 16.7 Å². The quantitative estimate of drug-likeness (QED) is 0.139. The first-order valence-corrected chi connectivity index (χ1v) is 14.0. The Morgan fingerprint density at radius 3 is 2.45 bits per heavy atom. The third-order valence-electron chi connectivity index (χ3n) is 6.74. The molecule has 1 saturated heterocycles. The maximum atomic E-state index is 11.7. The van der Waals surface area contributed by atoms with Gasteiger partial charge in [0.1, 0.15) is 17.9 Å². The van der Waals surface area contributed by atoms with E-state index in [0.717, 1.165) is 11.1 Å². The fraction of sp³-hybridized carbons (Fsp3) is 0.250. The van der Waals surface area contributed by atoms with Gasteiger partial charge in [0.25, 0.3) is 0 Å². The number of benzene rings is 2. The molecule has 0 bridgehead atoms. The summed E-state index contributed by atoms with van der Waals surface area (Å²) in [6, 6.07) is 17.1. The molecule has 0 amide bonds. The Labute approximate surface area is 231 Å². The summed E-state index contributed by atoms with van der Waals surface area (Å²) in [5.74, 6) is 0.931. The number of nitrogens with zero attached hydrogens (tertiary/aromatic N) is 3. The number of hydrogen-bond donors (Lipinski definition) is 2. The number of oxazole rings is 1. The molecule has 0 aliphatic carbocycles. The van der Waals surface area contributed by atoms with Crippen LogP contribution in [0, 0.1) is 0 Å². The summed E-state index contributed by atoms with van der Waals surface area (Å²) in [5, 5.41) is 18.3. The van der Waals surface area contributed by atoms with Crippen molar-refractivity contribution in [3.8, 4) is 28.3 Å². The maximum absolute atomic E-state index is 11.7. The SMILES string of the molecule is COC1(c2cncc(OC(Cc3nc(-c4ccccc4)c(-c4ccc(S(N)(=O)=O)cc4)o3)=NO)c2)CCOCC1. The molecule has 0 radical (unpaired) electrons. The minimum absolute atomic E-state index is 0.0211. The van der Waals surface area contributed by atoms with Crippen LogP contribution in [0.15, 0.2) is 87.5 Å². The molecule has 3 heterocycles. The molecule has 2 aromatic carbocycles. The van der Waals surface area contributed by atoms with E-state index in [2.05, 4.69) is 15.1 Å². The molecule has 1 aliphatic rings. The molecule has 0 atom stereocenters. The molecule has 5 rings (SSSR count). The number of ether oxygens (including phenoxy) is 3. The van der Waals surface area contributed by atoms with Crippen molar-refractivity contribution < 1.29 is 32.3 Å². The summed E-state index contributed by atoms with van der Waals surface area (Å²) >= 11 is 0. The van der Waals surface area contributed by atoms with Crippen molar-refractivity contribution in [1.82, 2.24) is 9.97 Å². The zero-order valence-electron chi connectivity index (χ0n) is 21.7. The van der Waals surface area contributed by atoms with Crippen LogP contribution in [0.5, 0.6) is 5.75 Å². The Hall–Kier alpha value is -4.10. The van der Waals surface area contributed by atoms with Crippen LogP contribution in [-0.4, -0.2) is 49.8 Å². The number of pyridine rings is 1. The van der Waals surface area contributed by atoms with E-state index < -0.39 is 15.6 Å². The molecular weight excluding hydrogens is 536 g/mol. The van der Waals surface area contributed by atoms with Crippen LogP contribution in [-0.2, 0) is 31.5 Å². The Morgan fingerprint density at radius 1 is 1.07 bits per heavy atom. The van der Waals surface area contributed by atoms with Crippen LogP contribution in [0.2, 0.25) is 0 Å². The Kier molecular flexibility index (Phi) is 7.94. The van der Waals surface area contributed by atoms with E-state index in [9.17, 15) is 13.6 Å². The highest BCUT2D eigenvalue weighted by Gasteiger charge is 2.35. The maximum Gasteiger partial charge on any atom is 0.240 e. The van der Waals surface area contributed by atoms with Crippen LogP contribution in [0.4, 0.5) is 0 Å². The molecule has 208 valence electrons. The van der Waals surface area contributed by atoms with E-state index in [1.165, 1.54) is 18.3 Å². The first-order chi connectivity index (χ1) is 19.3. The topological polar surface area (TPSA) is 159 Å². The van der Waals surface area contributed by atoms with Crippen molar-refractivity contribution in [2.45, 2.75) is 29.8 Å². The first kappa shape index (κ1) is 27.5. The number of sulfonamides is 1. The number of aromatic nitrogens is 2. The van der Waals surface area contributed by atoms with Crippen molar-refractivity contribution in [3.63, 3.8) is 0 Å². The third kappa shape index (κ3) is 5.89. The van der Waals surface area contributed by atoms with Crippen LogP contribution in [0.1, 0.15) is 24.3 Å². The van der Waals surface area contributed by atoms with Gasteiger partial charge in [0, 0.05) is 56.1 Å². The van der Waals surface area contributed by atoms with E-state index in [4.69, 9.17) is 23.8 Å². The lowest BCUT2D eigenvalue weighted by Gasteiger charge is -2.36. The van der Waals surface area contributed by atoms with E-state index in [1.54, 1.807) is 31.5 Å². The molecule has 40 heavy (non-hydrogen) atoms. The summed E-state index contributed by atoms with van der Waals surface area (Å²) in [6.45, 7) is 1.15. The van der Waals surface area contributed by atoms with Gasteiger partial charge in [0.2, 0.25) is 21.8 Å². The van der Waals surface area contributed by atoms with Gasteiger partial charge in [0.15, 0.2) is 5.76 Å². The average Bonchev–Trinajstić information content (AvgIpc) is 3.41. The summed E-state index contributed by atoms with van der Waals surface area (Å²) in [4.78, 5) is 8.92. The van der Waals surface area contributed by atoms with Crippen molar-refractivity contribution in [1.29, 1.82) is 0 Å². The van der Waals surface area contributed by atoms with Gasteiger partial charge in [-0.2, -0.15) is 0 Å². The lowest BCUT2D eigenvalue weighted by atomic mass is 9.87. The summed E-state index contributed by atoms with van der Waals surface area (Å²) in [6.07, 6.45) is 4.52. The Morgan fingerprint density at radius 2 is 1.80 bits per heavy atom. The lowest BCUT2D eigenvalue weighted by Crippen LogP contribution is -2.35. The van der Waals surface area contributed by atoms with Crippen molar-refractivity contribution >= 4 is 15.9 Å². The molecule has 0 spiro atoms. The van der Waals surface area contributed by atoms with E-state index in [0.29, 0.717) is 48.8 Å². The normalized spacial score (nSPS) is 15.6. The summed E-state index contributed by atoms with van der Waals surface area (Å²) in [7, 11) is -2.19. The minimum atomic E-state index is -3.85. The molecule has 1 fully saturated rings. The highest BCUT2D eigenvalue weighted by Crippen LogP contribution is 2.37. The number of methoxy groups -OCH3 is 1. The Bertz CT molecular complexity index is 1600. The first-order valence-electron chi connectivity index (χ1n) is 12.5. The number of nitrogens with two attached hydrogens (primary N) is 1. The highest BCUT2D eigenvalue weighted by molar-refractivity contribution is 7.89. The van der Waals surface area contributed by atoms with Crippen molar-refractivity contribution in [2.75, 3.05) is 20.3 Å². The second kappa shape index (κ2) is 11.6. The molecule has 11 nitrogen and oxygen atoms in total. The second-order valence-electron chi connectivity index (χ2n) is 9.21. The average molecular weight is 565 g/mol. The molecule has 0 unspecified atom stereocenters. The molecule has 4 aromatic rings. The van der Waals surface area contributed by atoms with E-state index in [1.807, 2.05) is 30.3 Å². The third-order valence-corrected chi connectivity index (χ3v) is 7.67. The van der Waals surface area contributed by atoms with E-state index >= 15 is 0 Å². The van der Waals surface area contributed by atoms with Gasteiger partial charge in [-0.1, -0.05) is 35.5 Å². The number of oxime groups is 1. The van der Waals surface area contributed by atoms with Crippen molar-refractivity contribution in [2.24, 2.45) is 10.3 Å². The predicted octanol–water partition coefficient (Wildman–Crippen LogP) is 4.11. The van der Waals surface area contributed by atoms with Gasteiger partial charge in [-0.15, -0.1) is 0 Å². The molecule has 2 aromatic heterocycles. The lowest BCUT2D eigenvalue weighted by molar-refractivity contribution is -0.0950. The number of hydrogen-bond acceptors (Lipinski definition) is 10. The standard InChI is InChI=1S/C28H28N4O7S/c1-36-28(11-13-37-14-12-28)21-15-22(18-30-17-21)38-25(32-33)16-24-31-26(19-5-3-2-4-6-19)27(39-24)20-7-9-23(10-8-20)40(29,34)35/h2-10,15,17-18,33H,11-14,16H2,1H3,(H2,29,34,35). The molecule has 1 aliphatic heterocycles. The zero-order valence-corrected chi connectivity index (χ0v) is 22.5. The highest BCUT2D eigenvalue weighted by atomic mass is 32.2. The second-order valence-corrected chi connectivity index (χ2v) is 10.8. The molecular formula is C28H28N4O7S. The summed E-state index contributed by atoms with van der Waals surface area (Å²) in [5.41, 5.74) is 2.20. The van der Waals surface area contributed by atoms with Crippen LogP contribution in [0.25, 0.3) is 22.6 Å². The largest absolute Gasteiger partial charge is 0.439 e.